The zero-order chi connectivity index (χ0) is 12.8. The third-order valence-corrected chi connectivity index (χ3v) is 2.57. The maximum Gasteiger partial charge on any atom is 0.224 e. The van der Waals surface area contributed by atoms with E-state index in [1.54, 1.807) is 24.5 Å². The molecule has 1 amide bonds. The normalized spacial score (nSPS) is 10.5. The van der Waals surface area contributed by atoms with Crippen LogP contribution in [0.5, 0.6) is 0 Å². The molecule has 2 N–H and O–H groups in total. The van der Waals surface area contributed by atoms with E-state index in [0.717, 1.165) is 16.7 Å². The van der Waals surface area contributed by atoms with Gasteiger partial charge in [0.05, 0.1) is 11.0 Å². The van der Waals surface area contributed by atoms with E-state index in [-0.39, 0.29) is 12.5 Å². The van der Waals surface area contributed by atoms with Crippen LogP contribution in [0.3, 0.4) is 0 Å². The van der Waals surface area contributed by atoms with Crippen LogP contribution in [0.2, 0.25) is 0 Å². The van der Waals surface area contributed by atoms with Gasteiger partial charge in [-0.2, -0.15) is 0 Å². The number of aromatic nitrogens is 2. The number of benzene rings is 1. The third-order valence-electron chi connectivity index (χ3n) is 2.57. The number of aliphatic hydroxyl groups is 1. The first kappa shape index (κ1) is 12.4. The van der Waals surface area contributed by atoms with Gasteiger partial charge in [0.1, 0.15) is 0 Å². The summed E-state index contributed by atoms with van der Waals surface area (Å²) < 4.78 is 0. The molecule has 0 saturated carbocycles. The highest BCUT2D eigenvalue weighted by Gasteiger charge is 2.03. The predicted octanol–water partition coefficient (Wildman–Crippen LogP) is 1.73. The number of fused-ring (bicyclic) bond motifs is 1. The number of aliphatic hydroxyl groups excluding tert-OH is 1. The molecular formula is C13H15N3O2. The lowest BCUT2D eigenvalue weighted by Crippen LogP contribution is -2.11. The van der Waals surface area contributed by atoms with Gasteiger partial charge >= 0.3 is 0 Å². The number of unbranched alkanes of at least 4 members (excludes halogenated alkanes) is 1. The van der Waals surface area contributed by atoms with Crippen LogP contribution < -0.4 is 5.32 Å². The maximum atomic E-state index is 11.6. The molecule has 0 aliphatic carbocycles. The average molecular weight is 245 g/mol. The third kappa shape index (κ3) is 3.24. The van der Waals surface area contributed by atoms with E-state index in [4.69, 9.17) is 5.11 Å². The Hall–Kier alpha value is -2.01. The average Bonchev–Trinajstić information content (AvgIpc) is 2.39. The lowest BCUT2D eigenvalue weighted by molar-refractivity contribution is -0.116. The van der Waals surface area contributed by atoms with Crippen molar-refractivity contribution in [2.45, 2.75) is 19.3 Å². The molecule has 18 heavy (non-hydrogen) atoms. The Morgan fingerprint density at radius 1 is 1.17 bits per heavy atom. The minimum atomic E-state index is -0.0494. The van der Waals surface area contributed by atoms with Gasteiger partial charge in [0, 0.05) is 31.1 Å². The fraction of sp³-hybridized carbons (Fsp3) is 0.308. The number of carbonyl (C=O) groups is 1. The quantitative estimate of drug-likeness (QED) is 0.787. The van der Waals surface area contributed by atoms with Crippen LogP contribution in [0.15, 0.2) is 30.6 Å². The summed E-state index contributed by atoms with van der Waals surface area (Å²) in [5, 5.41) is 11.4. The van der Waals surface area contributed by atoms with Gasteiger partial charge in [-0.3, -0.25) is 14.8 Å². The van der Waals surface area contributed by atoms with Gasteiger partial charge in [0.2, 0.25) is 5.91 Å². The topological polar surface area (TPSA) is 75.1 Å². The van der Waals surface area contributed by atoms with Crippen LogP contribution >= 0.6 is 0 Å². The molecule has 2 rings (SSSR count). The van der Waals surface area contributed by atoms with Crippen molar-refractivity contribution in [3.05, 3.63) is 30.6 Å². The number of nitrogens with zero attached hydrogens (tertiary/aromatic N) is 2. The number of anilines is 1. The molecule has 1 aromatic heterocycles. The second-order valence-electron chi connectivity index (χ2n) is 3.99. The van der Waals surface area contributed by atoms with E-state index >= 15 is 0 Å². The molecule has 2 aromatic rings. The van der Waals surface area contributed by atoms with Crippen molar-refractivity contribution < 1.29 is 9.90 Å². The number of hydrogen-bond donors (Lipinski definition) is 2. The standard InChI is InChI=1S/C13H15N3O2/c17-8-2-1-3-13(18)16-10-4-5-11-12(9-10)15-7-6-14-11/h4-7,9,17H,1-3,8H2,(H,16,18). The number of nitrogens with one attached hydrogen (secondary N) is 1. The van der Waals surface area contributed by atoms with E-state index in [1.165, 1.54) is 0 Å². The van der Waals surface area contributed by atoms with Crippen molar-refractivity contribution in [1.29, 1.82) is 0 Å². The fourth-order valence-corrected chi connectivity index (χ4v) is 1.66. The van der Waals surface area contributed by atoms with Gasteiger partial charge in [-0.05, 0) is 31.0 Å². The maximum absolute atomic E-state index is 11.6. The van der Waals surface area contributed by atoms with Gasteiger partial charge in [-0.1, -0.05) is 0 Å². The fourth-order valence-electron chi connectivity index (χ4n) is 1.66. The van der Waals surface area contributed by atoms with Crippen LogP contribution in [0.4, 0.5) is 5.69 Å². The molecule has 0 bridgehead atoms. The van der Waals surface area contributed by atoms with Crippen molar-refractivity contribution in [2.24, 2.45) is 0 Å². The molecular weight excluding hydrogens is 230 g/mol. The van der Waals surface area contributed by atoms with Crippen LogP contribution in [0, 0.1) is 0 Å². The molecule has 5 heteroatoms. The number of carbonyl (C=O) groups excluding carboxylic acids is 1. The van der Waals surface area contributed by atoms with Gasteiger partial charge in [-0.15, -0.1) is 0 Å². The summed E-state index contributed by atoms with van der Waals surface area (Å²) >= 11 is 0. The smallest absolute Gasteiger partial charge is 0.224 e. The first-order chi connectivity index (χ1) is 8.79. The first-order valence-corrected chi connectivity index (χ1v) is 5.91. The molecule has 0 aliphatic heterocycles. The largest absolute Gasteiger partial charge is 0.396 e. The second kappa shape index (κ2) is 6.07. The van der Waals surface area contributed by atoms with Crippen LogP contribution in [-0.2, 0) is 4.79 Å². The van der Waals surface area contributed by atoms with Crippen LogP contribution in [-0.4, -0.2) is 27.6 Å². The highest BCUT2D eigenvalue weighted by Crippen LogP contribution is 2.15. The molecule has 0 atom stereocenters. The summed E-state index contributed by atoms with van der Waals surface area (Å²) in [6.45, 7) is 0.124. The summed E-state index contributed by atoms with van der Waals surface area (Å²) in [6, 6.07) is 5.43. The summed E-state index contributed by atoms with van der Waals surface area (Å²) in [7, 11) is 0. The van der Waals surface area contributed by atoms with Gasteiger partial charge in [-0.25, -0.2) is 0 Å². The Morgan fingerprint density at radius 3 is 2.72 bits per heavy atom. The lowest BCUT2D eigenvalue weighted by Gasteiger charge is -2.05. The summed E-state index contributed by atoms with van der Waals surface area (Å²) in [5.41, 5.74) is 2.28. The Balaban J connectivity index is 2.01. The van der Waals surface area contributed by atoms with Crippen LogP contribution in [0.1, 0.15) is 19.3 Å². The monoisotopic (exact) mass is 245 g/mol. The Morgan fingerprint density at radius 2 is 1.94 bits per heavy atom. The van der Waals surface area contributed by atoms with E-state index < -0.39 is 0 Å². The van der Waals surface area contributed by atoms with Crippen molar-refractivity contribution >= 4 is 22.6 Å². The lowest BCUT2D eigenvalue weighted by atomic mass is 10.2. The van der Waals surface area contributed by atoms with E-state index in [0.29, 0.717) is 19.3 Å². The highest BCUT2D eigenvalue weighted by atomic mass is 16.2. The summed E-state index contributed by atoms with van der Waals surface area (Å²) in [5.74, 6) is -0.0494. The minimum Gasteiger partial charge on any atom is -0.396 e. The highest BCUT2D eigenvalue weighted by molar-refractivity contribution is 5.92. The second-order valence-corrected chi connectivity index (χ2v) is 3.99. The molecule has 0 unspecified atom stereocenters. The summed E-state index contributed by atoms with van der Waals surface area (Å²) in [4.78, 5) is 19.9. The van der Waals surface area contributed by atoms with Crippen molar-refractivity contribution in [1.82, 2.24) is 9.97 Å². The van der Waals surface area contributed by atoms with E-state index in [2.05, 4.69) is 15.3 Å². The van der Waals surface area contributed by atoms with E-state index in [9.17, 15) is 4.79 Å². The predicted molar refractivity (Wildman–Crippen MR) is 69.1 cm³/mol. The molecule has 5 nitrogen and oxygen atoms in total. The van der Waals surface area contributed by atoms with Crippen molar-refractivity contribution in [3.63, 3.8) is 0 Å². The van der Waals surface area contributed by atoms with Crippen LogP contribution in [0.25, 0.3) is 11.0 Å². The van der Waals surface area contributed by atoms with Crippen molar-refractivity contribution in [3.8, 4) is 0 Å². The van der Waals surface area contributed by atoms with Gasteiger partial charge in [0.15, 0.2) is 0 Å². The molecule has 1 heterocycles. The zero-order valence-corrected chi connectivity index (χ0v) is 9.97. The molecule has 0 aliphatic rings. The Bertz CT molecular complexity index is 543. The van der Waals surface area contributed by atoms with Gasteiger partial charge in [0.25, 0.3) is 0 Å². The van der Waals surface area contributed by atoms with E-state index in [1.807, 2.05) is 6.07 Å². The molecule has 0 fully saturated rings. The minimum absolute atomic E-state index is 0.0494. The van der Waals surface area contributed by atoms with Crippen molar-refractivity contribution in [2.75, 3.05) is 11.9 Å². The Kier molecular flexibility index (Phi) is 4.20. The molecule has 0 saturated heterocycles. The number of hydrogen-bond acceptors (Lipinski definition) is 4. The molecule has 0 spiro atoms. The molecule has 0 radical (unpaired) electrons. The first-order valence-electron chi connectivity index (χ1n) is 5.91. The van der Waals surface area contributed by atoms with Gasteiger partial charge < -0.3 is 10.4 Å². The number of amides is 1. The Labute approximate surface area is 105 Å². The SMILES string of the molecule is O=C(CCCCO)Nc1ccc2nccnc2c1. The molecule has 94 valence electrons. The number of rotatable bonds is 5. The summed E-state index contributed by atoms with van der Waals surface area (Å²) in [6.07, 6.45) is 5.01. The molecule has 1 aromatic carbocycles. The zero-order valence-electron chi connectivity index (χ0n) is 9.97.